The lowest BCUT2D eigenvalue weighted by atomic mass is 10.2. The maximum Gasteiger partial charge on any atom is 0.152 e. The molecule has 0 aliphatic rings. The Morgan fingerprint density at radius 2 is 2.23 bits per heavy atom. The van der Waals surface area contributed by atoms with Gasteiger partial charge in [0.05, 0.1) is 10.5 Å². The quantitative estimate of drug-likeness (QED) is 0.687. The van der Waals surface area contributed by atoms with E-state index in [1.54, 1.807) is 6.20 Å². The Bertz CT molecular complexity index is 476. The van der Waals surface area contributed by atoms with E-state index in [4.69, 9.17) is 11.6 Å². The topological polar surface area (TPSA) is 53.1 Å². The number of carbonyl (C=O) groups excluding carboxylic acids is 1. The molecule has 2 aromatic rings. The number of hydrogen-bond acceptors (Lipinski definition) is 2. The molecule has 66 valence electrons. The lowest BCUT2D eigenvalue weighted by molar-refractivity contribution is 0.112. The largest absolute Gasteiger partial charge is 0.508 e. The van der Waals surface area contributed by atoms with Crippen LogP contribution in [0.15, 0.2) is 18.3 Å². The fraction of sp³-hybridized carbons (Fsp3) is 0. The van der Waals surface area contributed by atoms with E-state index in [1.165, 1.54) is 12.1 Å². The molecule has 0 spiro atoms. The summed E-state index contributed by atoms with van der Waals surface area (Å²) < 4.78 is 0. The van der Waals surface area contributed by atoms with Crippen LogP contribution in [0.1, 0.15) is 10.4 Å². The highest BCUT2D eigenvalue weighted by atomic mass is 35.5. The number of aromatic nitrogens is 1. The first-order valence-electron chi connectivity index (χ1n) is 3.67. The highest BCUT2D eigenvalue weighted by Crippen LogP contribution is 2.29. The smallest absolute Gasteiger partial charge is 0.152 e. The van der Waals surface area contributed by atoms with E-state index in [9.17, 15) is 9.90 Å². The molecule has 0 fully saturated rings. The number of rotatable bonds is 1. The molecule has 0 saturated heterocycles. The Morgan fingerprint density at radius 3 is 2.92 bits per heavy atom. The molecule has 1 aromatic heterocycles. The Morgan fingerprint density at radius 1 is 1.46 bits per heavy atom. The van der Waals surface area contributed by atoms with Gasteiger partial charge in [-0.2, -0.15) is 0 Å². The zero-order valence-electron chi connectivity index (χ0n) is 6.54. The summed E-state index contributed by atoms with van der Waals surface area (Å²) in [5, 5.41) is 10.2. The van der Waals surface area contributed by atoms with Gasteiger partial charge in [0.15, 0.2) is 6.29 Å². The van der Waals surface area contributed by atoms with Crippen LogP contribution in [0.4, 0.5) is 0 Å². The first-order chi connectivity index (χ1) is 6.22. The van der Waals surface area contributed by atoms with E-state index in [1.807, 2.05) is 0 Å². The third kappa shape index (κ3) is 1.17. The van der Waals surface area contributed by atoms with E-state index in [-0.39, 0.29) is 5.75 Å². The number of aromatic hydroxyl groups is 1. The van der Waals surface area contributed by atoms with Crippen LogP contribution in [0.2, 0.25) is 5.02 Å². The fourth-order valence-electron chi connectivity index (χ4n) is 1.32. The van der Waals surface area contributed by atoms with E-state index in [2.05, 4.69) is 4.98 Å². The second kappa shape index (κ2) is 2.78. The minimum absolute atomic E-state index is 0.0804. The molecule has 1 heterocycles. The summed E-state index contributed by atoms with van der Waals surface area (Å²) in [5.41, 5.74) is 1.16. The van der Waals surface area contributed by atoms with E-state index < -0.39 is 0 Å². The summed E-state index contributed by atoms with van der Waals surface area (Å²) in [5.74, 6) is 0.0804. The van der Waals surface area contributed by atoms with Gasteiger partial charge in [-0.25, -0.2) is 0 Å². The Balaban J connectivity index is 2.89. The maximum absolute atomic E-state index is 10.6. The number of hydrogen-bond donors (Lipinski definition) is 2. The molecule has 0 aliphatic carbocycles. The summed E-state index contributed by atoms with van der Waals surface area (Å²) in [4.78, 5) is 13.4. The number of phenolic OH excluding ortho intramolecular Hbond substituents is 1. The number of aldehydes is 1. The number of fused-ring (bicyclic) bond motifs is 1. The van der Waals surface area contributed by atoms with Gasteiger partial charge >= 0.3 is 0 Å². The zero-order valence-corrected chi connectivity index (χ0v) is 7.30. The highest BCUT2D eigenvalue weighted by molar-refractivity contribution is 6.36. The van der Waals surface area contributed by atoms with Crippen molar-refractivity contribution >= 4 is 28.8 Å². The highest BCUT2D eigenvalue weighted by Gasteiger charge is 2.07. The second-order valence-electron chi connectivity index (χ2n) is 2.71. The van der Waals surface area contributed by atoms with Crippen LogP contribution in [-0.2, 0) is 0 Å². The number of H-pyrrole nitrogens is 1. The third-order valence-corrected chi connectivity index (χ3v) is 2.17. The maximum atomic E-state index is 10.6. The second-order valence-corrected chi connectivity index (χ2v) is 3.12. The van der Waals surface area contributed by atoms with Gasteiger partial charge in [0.25, 0.3) is 0 Å². The van der Waals surface area contributed by atoms with Crippen LogP contribution in [0.25, 0.3) is 10.9 Å². The van der Waals surface area contributed by atoms with Crippen molar-refractivity contribution in [1.29, 1.82) is 0 Å². The van der Waals surface area contributed by atoms with Crippen LogP contribution >= 0.6 is 11.6 Å². The van der Waals surface area contributed by atoms with Gasteiger partial charge < -0.3 is 10.1 Å². The molecule has 3 nitrogen and oxygen atoms in total. The summed E-state index contributed by atoms with van der Waals surface area (Å²) >= 11 is 5.85. The van der Waals surface area contributed by atoms with Gasteiger partial charge in [0.1, 0.15) is 5.75 Å². The lowest BCUT2D eigenvalue weighted by Crippen LogP contribution is -1.76. The molecule has 0 bridgehead atoms. The fourth-order valence-corrected chi connectivity index (χ4v) is 1.64. The normalized spacial score (nSPS) is 10.5. The van der Waals surface area contributed by atoms with Crippen molar-refractivity contribution in [1.82, 2.24) is 4.98 Å². The van der Waals surface area contributed by atoms with Crippen LogP contribution in [-0.4, -0.2) is 16.4 Å². The summed E-state index contributed by atoms with van der Waals surface area (Å²) in [6, 6.07) is 2.93. The molecule has 1 aromatic carbocycles. The van der Waals surface area contributed by atoms with Gasteiger partial charge in [0.2, 0.25) is 0 Å². The number of nitrogens with one attached hydrogen (secondary N) is 1. The Labute approximate surface area is 78.9 Å². The van der Waals surface area contributed by atoms with Crippen molar-refractivity contribution in [2.75, 3.05) is 0 Å². The molecule has 4 heteroatoms. The van der Waals surface area contributed by atoms with Crippen molar-refractivity contribution in [3.8, 4) is 5.75 Å². The van der Waals surface area contributed by atoms with E-state index >= 15 is 0 Å². The molecule has 0 aliphatic heterocycles. The number of halogens is 1. The van der Waals surface area contributed by atoms with Crippen molar-refractivity contribution in [3.05, 3.63) is 28.9 Å². The average Bonchev–Trinajstić information content (AvgIpc) is 2.47. The Hall–Kier alpha value is -1.48. The van der Waals surface area contributed by atoms with Gasteiger partial charge in [-0.3, -0.25) is 4.79 Å². The third-order valence-electron chi connectivity index (χ3n) is 1.87. The standard InChI is InChI=1S/C9H6ClNO2/c10-7-1-6(13)2-8-9(7)5(4-12)3-11-8/h1-4,11,13H. The lowest BCUT2D eigenvalue weighted by Gasteiger charge is -1.96. The van der Waals surface area contributed by atoms with Crippen molar-refractivity contribution in [2.24, 2.45) is 0 Å². The molecule has 0 atom stereocenters. The monoisotopic (exact) mass is 195 g/mol. The minimum Gasteiger partial charge on any atom is -0.508 e. The van der Waals surface area contributed by atoms with Crippen LogP contribution < -0.4 is 0 Å². The van der Waals surface area contributed by atoms with Crippen LogP contribution in [0.5, 0.6) is 5.75 Å². The zero-order chi connectivity index (χ0) is 9.42. The molecule has 0 amide bonds. The number of benzene rings is 1. The molecule has 2 N–H and O–H groups in total. The van der Waals surface area contributed by atoms with Crippen LogP contribution in [0, 0.1) is 0 Å². The van der Waals surface area contributed by atoms with Crippen LogP contribution in [0.3, 0.4) is 0 Å². The first-order valence-corrected chi connectivity index (χ1v) is 4.05. The van der Waals surface area contributed by atoms with Gasteiger partial charge in [-0.15, -0.1) is 0 Å². The summed E-state index contributed by atoms with van der Waals surface area (Å²) in [7, 11) is 0. The molecule has 0 unspecified atom stereocenters. The summed E-state index contributed by atoms with van der Waals surface area (Å²) in [6.07, 6.45) is 2.28. The Kier molecular flexibility index (Phi) is 1.74. The van der Waals surface area contributed by atoms with Gasteiger partial charge in [-0.1, -0.05) is 11.6 Å². The minimum atomic E-state index is 0.0804. The molecular formula is C9H6ClNO2. The number of phenols is 1. The van der Waals surface area contributed by atoms with Crippen molar-refractivity contribution < 1.29 is 9.90 Å². The molecule has 2 rings (SSSR count). The molecule has 13 heavy (non-hydrogen) atoms. The average molecular weight is 196 g/mol. The first kappa shape index (κ1) is 8.13. The SMILES string of the molecule is O=Cc1c[nH]c2cc(O)cc(Cl)c12. The molecule has 0 radical (unpaired) electrons. The van der Waals surface area contributed by atoms with E-state index in [0.717, 1.165) is 6.29 Å². The van der Waals surface area contributed by atoms with Gasteiger partial charge in [-0.05, 0) is 6.07 Å². The van der Waals surface area contributed by atoms with Crippen molar-refractivity contribution in [3.63, 3.8) is 0 Å². The number of carbonyl (C=O) groups is 1. The molecule has 0 saturated carbocycles. The summed E-state index contributed by atoms with van der Waals surface area (Å²) in [6.45, 7) is 0. The number of aromatic amines is 1. The predicted octanol–water partition coefficient (Wildman–Crippen LogP) is 2.34. The molecular weight excluding hydrogens is 190 g/mol. The van der Waals surface area contributed by atoms with Gasteiger partial charge in [0, 0.05) is 23.2 Å². The van der Waals surface area contributed by atoms with E-state index in [0.29, 0.717) is 21.5 Å². The predicted molar refractivity (Wildman–Crippen MR) is 50.4 cm³/mol. The van der Waals surface area contributed by atoms with Crippen molar-refractivity contribution in [2.45, 2.75) is 0 Å².